The van der Waals surface area contributed by atoms with Crippen LogP contribution in [0.4, 0.5) is 11.6 Å². The Balaban J connectivity index is 2.19. The van der Waals surface area contributed by atoms with Crippen LogP contribution >= 0.6 is 11.6 Å². The monoisotopic (exact) mass is 262 g/mol. The van der Waals surface area contributed by atoms with Crippen LogP contribution in [0.5, 0.6) is 0 Å². The third kappa shape index (κ3) is 2.75. The number of nitrogens with one attached hydrogen (secondary N) is 1. The van der Waals surface area contributed by atoms with E-state index in [0.29, 0.717) is 11.4 Å². The summed E-state index contributed by atoms with van der Waals surface area (Å²) in [4.78, 5) is 19.9. The van der Waals surface area contributed by atoms with E-state index in [1.54, 1.807) is 6.07 Å². The molecule has 92 valence electrons. The molecule has 0 fully saturated rings. The zero-order valence-corrected chi connectivity index (χ0v) is 10.4. The van der Waals surface area contributed by atoms with Crippen LogP contribution in [-0.4, -0.2) is 15.9 Å². The van der Waals surface area contributed by atoms with Crippen LogP contribution in [0.15, 0.2) is 30.5 Å². The Morgan fingerprint density at radius 1 is 1.44 bits per heavy atom. The van der Waals surface area contributed by atoms with Gasteiger partial charge >= 0.3 is 0 Å². The van der Waals surface area contributed by atoms with Crippen molar-refractivity contribution in [3.05, 3.63) is 46.7 Å². The number of aryl methyl sites for hydroxylation is 1. The average molecular weight is 263 g/mol. The van der Waals surface area contributed by atoms with Gasteiger partial charge in [0.15, 0.2) is 0 Å². The molecule has 6 heteroatoms. The van der Waals surface area contributed by atoms with Gasteiger partial charge in [-0.3, -0.25) is 4.79 Å². The second-order valence-corrected chi connectivity index (χ2v) is 4.12. The van der Waals surface area contributed by atoms with E-state index in [9.17, 15) is 4.79 Å². The second-order valence-electron chi connectivity index (χ2n) is 3.71. The third-order valence-electron chi connectivity index (χ3n) is 2.26. The summed E-state index contributed by atoms with van der Waals surface area (Å²) in [6, 6.07) is 6.83. The van der Waals surface area contributed by atoms with Crippen molar-refractivity contribution in [3.8, 4) is 0 Å². The van der Waals surface area contributed by atoms with E-state index in [0.717, 1.165) is 5.69 Å². The molecule has 3 N–H and O–H groups in total. The SMILES string of the molecule is Cc1cccc(NC(=O)c2cnc(N)c(Cl)c2)n1. The molecule has 0 aliphatic rings. The second kappa shape index (κ2) is 5.01. The van der Waals surface area contributed by atoms with E-state index in [4.69, 9.17) is 17.3 Å². The maximum atomic E-state index is 11.9. The van der Waals surface area contributed by atoms with E-state index in [1.807, 2.05) is 19.1 Å². The minimum atomic E-state index is -0.331. The van der Waals surface area contributed by atoms with E-state index in [1.165, 1.54) is 12.3 Å². The largest absolute Gasteiger partial charge is 0.382 e. The van der Waals surface area contributed by atoms with Crippen molar-refractivity contribution in [2.75, 3.05) is 11.1 Å². The standard InChI is InChI=1S/C12H11ClN4O/c1-7-3-2-4-10(16-7)17-12(18)8-5-9(13)11(14)15-6-8/h2-6H,1H3,(H2,14,15)(H,16,17,18). The zero-order chi connectivity index (χ0) is 13.1. The van der Waals surface area contributed by atoms with Crippen LogP contribution in [0.3, 0.4) is 0 Å². The lowest BCUT2D eigenvalue weighted by atomic mass is 10.2. The van der Waals surface area contributed by atoms with E-state index in [2.05, 4.69) is 15.3 Å². The predicted molar refractivity (Wildman–Crippen MR) is 70.6 cm³/mol. The fourth-order valence-corrected chi connectivity index (χ4v) is 1.54. The van der Waals surface area contributed by atoms with Gasteiger partial charge in [0.05, 0.1) is 10.6 Å². The highest BCUT2D eigenvalue weighted by Crippen LogP contribution is 2.17. The zero-order valence-electron chi connectivity index (χ0n) is 9.64. The van der Waals surface area contributed by atoms with Gasteiger partial charge in [-0.2, -0.15) is 0 Å². The number of hydrogen-bond acceptors (Lipinski definition) is 4. The molecular formula is C12H11ClN4O. The molecule has 2 rings (SSSR count). The Kier molecular flexibility index (Phi) is 3.43. The van der Waals surface area contributed by atoms with Gasteiger partial charge in [0.2, 0.25) is 0 Å². The van der Waals surface area contributed by atoms with Crippen LogP contribution in [0, 0.1) is 6.92 Å². The van der Waals surface area contributed by atoms with E-state index < -0.39 is 0 Å². The average Bonchev–Trinajstić information content (AvgIpc) is 2.32. The van der Waals surface area contributed by atoms with Crippen molar-refractivity contribution in [3.63, 3.8) is 0 Å². The maximum absolute atomic E-state index is 11.9. The van der Waals surface area contributed by atoms with Gasteiger partial charge in [-0.05, 0) is 25.1 Å². The van der Waals surface area contributed by atoms with Gasteiger partial charge in [0.1, 0.15) is 11.6 Å². The summed E-state index contributed by atoms with van der Waals surface area (Å²) >= 11 is 5.80. The number of nitrogens with zero attached hydrogens (tertiary/aromatic N) is 2. The van der Waals surface area contributed by atoms with Gasteiger partial charge in [-0.1, -0.05) is 17.7 Å². The number of carbonyl (C=O) groups is 1. The molecule has 0 saturated heterocycles. The Morgan fingerprint density at radius 3 is 2.89 bits per heavy atom. The first-order valence-electron chi connectivity index (χ1n) is 5.22. The summed E-state index contributed by atoms with van der Waals surface area (Å²) in [6.07, 6.45) is 1.37. The highest BCUT2D eigenvalue weighted by Gasteiger charge is 2.09. The Morgan fingerprint density at radius 2 is 2.22 bits per heavy atom. The predicted octanol–water partition coefficient (Wildman–Crippen LogP) is 2.27. The van der Waals surface area contributed by atoms with Crippen molar-refractivity contribution in [2.45, 2.75) is 6.92 Å². The molecule has 5 nitrogen and oxygen atoms in total. The summed E-state index contributed by atoms with van der Waals surface area (Å²) in [5.74, 6) is 0.345. The van der Waals surface area contributed by atoms with Gasteiger partial charge in [-0.25, -0.2) is 9.97 Å². The highest BCUT2D eigenvalue weighted by molar-refractivity contribution is 6.33. The summed E-state index contributed by atoms with van der Waals surface area (Å²) in [7, 11) is 0. The fourth-order valence-electron chi connectivity index (χ4n) is 1.37. The van der Waals surface area contributed by atoms with Crippen molar-refractivity contribution in [2.24, 2.45) is 0 Å². The number of anilines is 2. The molecule has 0 aromatic carbocycles. The number of carbonyl (C=O) groups excluding carboxylic acids is 1. The van der Waals surface area contributed by atoms with Crippen LogP contribution in [0.2, 0.25) is 5.02 Å². The molecule has 2 aromatic heterocycles. The van der Waals surface area contributed by atoms with Crippen LogP contribution in [0.1, 0.15) is 16.1 Å². The number of hydrogen-bond donors (Lipinski definition) is 2. The lowest BCUT2D eigenvalue weighted by Crippen LogP contribution is -2.13. The molecule has 0 unspecified atom stereocenters. The first-order chi connectivity index (χ1) is 8.56. The molecular weight excluding hydrogens is 252 g/mol. The molecule has 0 aliphatic carbocycles. The van der Waals surface area contributed by atoms with Gasteiger partial charge < -0.3 is 11.1 Å². The van der Waals surface area contributed by atoms with Crippen LogP contribution in [-0.2, 0) is 0 Å². The van der Waals surface area contributed by atoms with Gasteiger partial charge in [-0.15, -0.1) is 0 Å². The first kappa shape index (κ1) is 12.3. The minimum absolute atomic E-state index is 0.196. The Labute approximate surface area is 109 Å². The number of halogens is 1. The molecule has 1 amide bonds. The smallest absolute Gasteiger partial charge is 0.258 e. The number of amides is 1. The normalized spacial score (nSPS) is 10.1. The van der Waals surface area contributed by atoms with E-state index in [-0.39, 0.29) is 16.7 Å². The fraction of sp³-hybridized carbons (Fsp3) is 0.0833. The minimum Gasteiger partial charge on any atom is -0.382 e. The molecule has 18 heavy (non-hydrogen) atoms. The van der Waals surface area contributed by atoms with Gasteiger partial charge in [0, 0.05) is 11.9 Å². The van der Waals surface area contributed by atoms with Crippen LogP contribution < -0.4 is 11.1 Å². The lowest BCUT2D eigenvalue weighted by molar-refractivity contribution is 0.102. The molecule has 0 radical (unpaired) electrons. The molecule has 0 saturated carbocycles. The number of nitrogens with two attached hydrogens (primary N) is 1. The van der Waals surface area contributed by atoms with Crippen molar-refractivity contribution < 1.29 is 4.79 Å². The number of nitrogen functional groups attached to an aromatic ring is 1. The first-order valence-corrected chi connectivity index (χ1v) is 5.60. The Hall–Kier alpha value is -2.14. The Bertz CT molecular complexity index is 600. The quantitative estimate of drug-likeness (QED) is 0.870. The molecule has 2 aromatic rings. The summed E-state index contributed by atoms with van der Waals surface area (Å²) in [6.45, 7) is 1.84. The summed E-state index contributed by atoms with van der Waals surface area (Å²) in [5.41, 5.74) is 6.63. The highest BCUT2D eigenvalue weighted by atomic mass is 35.5. The topological polar surface area (TPSA) is 80.9 Å². The summed E-state index contributed by atoms with van der Waals surface area (Å²) < 4.78 is 0. The van der Waals surface area contributed by atoms with Crippen LogP contribution in [0.25, 0.3) is 0 Å². The van der Waals surface area contributed by atoms with Crippen molar-refractivity contribution in [1.29, 1.82) is 0 Å². The summed E-state index contributed by atoms with van der Waals surface area (Å²) in [5, 5.41) is 2.91. The molecule has 0 bridgehead atoms. The molecule has 0 spiro atoms. The number of rotatable bonds is 2. The molecule has 0 atom stereocenters. The van der Waals surface area contributed by atoms with Crippen molar-refractivity contribution in [1.82, 2.24) is 9.97 Å². The maximum Gasteiger partial charge on any atom is 0.258 e. The van der Waals surface area contributed by atoms with Crippen molar-refractivity contribution >= 4 is 29.1 Å². The van der Waals surface area contributed by atoms with E-state index >= 15 is 0 Å². The third-order valence-corrected chi connectivity index (χ3v) is 2.56. The number of pyridine rings is 2. The molecule has 0 aliphatic heterocycles. The molecule has 2 heterocycles. The number of aromatic nitrogens is 2. The lowest BCUT2D eigenvalue weighted by Gasteiger charge is -2.05. The van der Waals surface area contributed by atoms with Gasteiger partial charge in [0.25, 0.3) is 5.91 Å².